The smallest absolute Gasteiger partial charge is 0.391 e. The first-order valence-corrected chi connectivity index (χ1v) is 23.4. The van der Waals surface area contributed by atoms with Gasteiger partial charge in [0.1, 0.15) is 21.9 Å². The summed E-state index contributed by atoms with van der Waals surface area (Å²) in [6.45, 7) is 0.771. The lowest BCUT2D eigenvalue weighted by Gasteiger charge is -2.32. The third-order valence-corrected chi connectivity index (χ3v) is 15.5. The Morgan fingerprint density at radius 1 is 0.692 bits per heavy atom. The zero-order valence-electron chi connectivity index (χ0n) is 34.9. The summed E-state index contributed by atoms with van der Waals surface area (Å²) in [6.07, 6.45) is 5.40. The lowest BCUT2D eigenvalue weighted by atomic mass is 10.00. The number of benzene rings is 2. The minimum absolute atomic E-state index is 0.0154. The summed E-state index contributed by atoms with van der Waals surface area (Å²) in [5.74, 6) is -3.80. The van der Waals surface area contributed by atoms with Gasteiger partial charge in [0, 0.05) is 73.8 Å². The van der Waals surface area contributed by atoms with Crippen molar-refractivity contribution in [2.45, 2.75) is 60.6 Å². The second-order valence-corrected chi connectivity index (χ2v) is 19.8. The zero-order chi connectivity index (χ0) is 47.5. The molecule has 0 aliphatic carbocycles. The minimum atomic E-state index is -3.87. The maximum Gasteiger partial charge on any atom is 0.391 e. The molecule has 0 saturated heterocycles. The van der Waals surface area contributed by atoms with Gasteiger partial charge < -0.3 is 18.6 Å². The summed E-state index contributed by atoms with van der Waals surface area (Å²) in [4.78, 5) is 52.3. The summed E-state index contributed by atoms with van der Waals surface area (Å²) in [7, 11) is -2.30. The number of methoxy groups -OCH3 is 2. The average molecular weight is 996 g/mol. The predicted molar refractivity (Wildman–Crippen MR) is 236 cm³/mol. The van der Waals surface area contributed by atoms with E-state index in [0.29, 0.717) is 47.6 Å². The van der Waals surface area contributed by atoms with Crippen LogP contribution in [0.2, 0.25) is 10.3 Å². The summed E-state index contributed by atoms with van der Waals surface area (Å²) >= 11 is 16.7. The molecule has 0 N–H and O–H groups in total. The zero-order valence-corrected chi connectivity index (χ0v) is 38.8. The number of sulfonamides is 2. The number of pyridine rings is 2. The van der Waals surface area contributed by atoms with E-state index in [9.17, 15) is 44.8 Å². The standard InChI is InChI=1S/C21H19ClFN3O5S.C18H17ClFN3O2S.C3H3ClO3/c1-25(32(29,30)14-6-3-12(23)4-7-14)13-5-8-16-19(20(27)21(28)31-2)15-10-24-18(22)9-17(15)26(16)11-13;1-22(26(24,25)16-6-2-13(20)3-7-16)15-5-4-14-8-12-10-21-18(19)9-17(12)23(14)11-15;1-7-3(6)2(4)5/h3-4,6-7,9-10,13H,5,8,11H2,1-2H3;2-3,6-10,15H,4-5,11H2,1H3;1H3. The molecule has 2 aliphatic rings. The molecule has 6 heterocycles. The number of nitrogens with zero attached hydrogens (tertiary/aromatic N) is 6. The maximum absolute atomic E-state index is 13.2. The molecule has 65 heavy (non-hydrogen) atoms. The summed E-state index contributed by atoms with van der Waals surface area (Å²) in [5, 5.41) is 0.957. The summed E-state index contributed by atoms with van der Waals surface area (Å²) in [6, 6.07) is 14.4. The van der Waals surface area contributed by atoms with Gasteiger partial charge in [0.15, 0.2) is 0 Å². The van der Waals surface area contributed by atoms with Crippen LogP contribution in [0, 0.1) is 11.6 Å². The van der Waals surface area contributed by atoms with Crippen LogP contribution in [-0.2, 0) is 69.8 Å². The highest BCUT2D eigenvalue weighted by Crippen LogP contribution is 2.35. The molecule has 16 nitrogen and oxygen atoms in total. The van der Waals surface area contributed by atoms with Crippen molar-refractivity contribution in [3.63, 3.8) is 0 Å². The highest BCUT2D eigenvalue weighted by molar-refractivity contribution is 7.89. The van der Waals surface area contributed by atoms with Crippen LogP contribution in [0.5, 0.6) is 0 Å². The van der Waals surface area contributed by atoms with Crippen molar-refractivity contribution in [1.29, 1.82) is 0 Å². The van der Waals surface area contributed by atoms with Crippen molar-refractivity contribution in [2.24, 2.45) is 0 Å². The molecule has 23 heteroatoms. The molecule has 2 aliphatic heterocycles. The molecule has 0 amide bonds. The molecule has 6 aromatic rings. The Hall–Kier alpha value is -5.35. The SMILES string of the molecule is CN(C1CCc2cc3cnc(Cl)cc3n2C1)S(=O)(=O)c1ccc(F)cc1.COC(=O)C(=O)Cl.COC(=O)C(=O)c1c2n(c3cc(Cl)ncc13)CC(N(C)S(=O)(=O)c1ccc(F)cc1)CC2. The van der Waals surface area contributed by atoms with Gasteiger partial charge in [-0.1, -0.05) is 23.2 Å². The Kier molecular flexibility index (Phi) is 15.1. The number of hydrogen-bond donors (Lipinski definition) is 0. The van der Waals surface area contributed by atoms with Crippen LogP contribution in [0.4, 0.5) is 8.78 Å². The fraction of sp³-hybridized carbons (Fsp3) is 0.286. The van der Waals surface area contributed by atoms with E-state index in [4.69, 9.17) is 23.2 Å². The van der Waals surface area contributed by atoms with E-state index in [-0.39, 0.29) is 33.1 Å². The number of esters is 2. The Labute approximate surface area is 386 Å². The first-order chi connectivity index (χ1) is 30.7. The topological polar surface area (TPSA) is 197 Å². The second kappa shape index (κ2) is 20.0. The monoisotopic (exact) mass is 994 g/mol. The lowest BCUT2D eigenvalue weighted by Crippen LogP contribution is -2.42. The molecule has 2 unspecified atom stereocenters. The van der Waals surface area contributed by atoms with Crippen molar-refractivity contribution < 1.29 is 54.3 Å². The van der Waals surface area contributed by atoms with E-state index in [2.05, 4.69) is 41.7 Å². The molecule has 0 bridgehead atoms. The number of ketones is 1. The summed E-state index contributed by atoms with van der Waals surface area (Å²) < 4.78 is 93.3. The van der Waals surface area contributed by atoms with Crippen molar-refractivity contribution >= 4 is 99.6 Å². The number of hydrogen-bond acceptors (Lipinski definition) is 12. The molecule has 0 saturated carbocycles. The summed E-state index contributed by atoms with van der Waals surface area (Å²) in [5.41, 5.74) is 3.47. The van der Waals surface area contributed by atoms with Crippen molar-refractivity contribution in [3.05, 3.63) is 118 Å². The predicted octanol–water partition coefficient (Wildman–Crippen LogP) is 6.21. The number of likely N-dealkylation sites (N-methyl/N-ethyl adjacent to an activating group) is 2. The van der Waals surface area contributed by atoms with Crippen LogP contribution in [0.3, 0.4) is 0 Å². The molecule has 344 valence electrons. The number of ether oxygens (including phenoxy) is 2. The van der Waals surface area contributed by atoms with Crippen molar-refractivity contribution in [1.82, 2.24) is 27.7 Å². The molecule has 4 aromatic heterocycles. The van der Waals surface area contributed by atoms with Gasteiger partial charge in [-0.05, 0) is 104 Å². The molecule has 0 radical (unpaired) electrons. The fourth-order valence-electron chi connectivity index (χ4n) is 7.63. The number of halogens is 5. The third kappa shape index (κ3) is 10.4. The number of aryl methyl sites for hydroxylation is 1. The maximum atomic E-state index is 13.2. The Morgan fingerprint density at radius 2 is 1.17 bits per heavy atom. The van der Waals surface area contributed by atoms with Gasteiger partial charge in [0.2, 0.25) is 20.0 Å². The van der Waals surface area contributed by atoms with Gasteiger partial charge in [-0.25, -0.2) is 45.2 Å². The van der Waals surface area contributed by atoms with E-state index in [1.54, 1.807) is 29.9 Å². The lowest BCUT2D eigenvalue weighted by molar-refractivity contribution is -0.148. The first-order valence-electron chi connectivity index (χ1n) is 19.4. The van der Waals surface area contributed by atoms with Gasteiger partial charge >= 0.3 is 17.2 Å². The van der Waals surface area contributed by atoms with Gasteiger partial charge in [-0.2, -0.15) is 8.61 Å². The fourth-order valence-corrected chi connectivity index (χ4v) is 10.8. The van der Waals surface area contributed by atoms with Crippen LogP contribution in [0.25, 0.3) is 21.8 Å². The largest absolute Gasteiger partial charge is 0.463 e. The molecule has 0 fully saturated rings. The van der Waals surface area contributed by atoms with E-state index < -0.39 is 60.7 Å². The van der Waals surface area contributed by atoms with E-state index >= 15 is 0 Å². The average Bonchev–Trinajstić information content (AvgIpc) is 3.82. The van der Waals surface area contributed by atoms with Crippen LogP contribution in [-0.4, -0.2) is 108 Å². The number of rotatable bonds is 9. The molecule has 2 atom stereocenters. The number of carbonyl (C=O) groups excluding carboxylic acids is 4. The number of aromatic nitrogens is 4. The molecule has 2 aromatic carbocycles. The molecular formula is C42H39Cl3F2N6O10S2. The second-order valence-electron chi connectivity index (χ2n) is 14.7. The number of Topliss-reactive ketones (excluding diaryl/α,β-unsaturated/α-hetero) is 1. The third-order valence-electron chi connectivity index (χ3n) is 11.0. The van der Waals surface area contributed by atoms with E-state index in [0.717, 1.165) is 61.5 Å². The van der Waals surface area contributed by atoms with Crippen LogP contribution in [0.15, 0.2) is 88.9 Å². The van der Waals surface area contributed by atoms with E-state index in [1.807, 2.05) is 0 Å². The molecule has 8 rings (SSSR count). The molecule has 0 spiro atoms. The van der Waals surface area contributed by atoms with Crippen LogP contribution < -0.4 is 0 Å². The quantitative estimate of drug-likeness (QED) is 0.0523. The number of fused-ring (bicyclic) bond motifs is 6. The normalized spacial score (nSPS) is 15.9. The Balaban J connectivity index is 0.000000191. The van der Waals surface area contributed by atoms with Crippen LogP contribution in [0.1, 0.15) is 34.6 Å². The van der Waals surface area contributed by atoms with Gasteiger partial charge in [0.25, 0.3) is 5.78 Å². The highest BCUT2D eigenvalue weighted by atomic mass is 35.5. The van der Waals surface area contributed by atoms with Gasteiger partial charge in [-0.3, -0.25) is 9.59 Å². The first kappa shape index (κ1) is 49.1. The number of carbonyl (C=O) groups is 4. The van der Waals surface area contributed by atoms with Gasteiger partial charge in [-0.15, -0.1) is 0 Å². The van der Waals surface area contributed by atoms with E-state index in [1.165, 1.54) is 46.1 Å². The van der Waals surface area contributed by atoms with Crippen molar-refractivity contribution in [2.75, 3.05) is 28.3 Å². The van der Waals surface area contributed by atoms with Crippen LogP contribution >= 0.6 is 34.8 Å². The van der Waals surface area contributed by atoms with Crippen molar-refractivity contribution in [3.8, 4) is 0 Å². The Bertz CT molecular complexity index is 3040. The highest BCUT2D eigenvalue weighted by Gasteiger charge is 2.36. The molecular weight excluding hydrogens is 957 g/mol. The van der Waals surface area contributed by atoms with Gasteiger partial charge in [0.05, 0.1) is 40.6 Å². The Morgan fingerprint density at radius 3 is 1.66 bits per heavy atom. The minimum Gasteiger partial charge on any atom is -0.463 e.